The largest absolute Gasteiger partial charge is 0.497 e. The van der Waals surface area contributed by atoms with Crippen molar-refractivity contribution in [3.8, 4) is 27.4 Å². The molecule has 0 unspecified atom stereocenters. The molecule has 0 aliphatic heterocycles. The summed E-state index contributed by atoms with van der Waals surface area (Å²) in [5, 5.41) is 7.73. The van der Waals surface area contributed by atoms with E-state index < -0.39 is 0 Å². The molecule has 0 fully saturated rings. The highest BCUT2D eigenvalue weighted by molar-refractivity contribution is 7.21. The second-order valence-electron chi connectivity index (χ2n) is 8.37. The fourth-order valence-electron chi connectivity index (χ4n) is 4.11. The van der Waals surface area contributed by atoms with Crippen molar-refractivity contribution < 1.29 is 4.74 Å². The lowest BCUT2D eigenvalue weighted by atomic mass is 10.1. The number of hydrogen-bond acceptors (Lipinski definition) is 7. The number of anilines is 2. The molecule has 0 saturated heterocycles. The van der Waals surface area contributed by atoms with E-state index in [1.165, 1.54) is 10.3 Å². The average Bonchev–Trinajstić information content (AvgIpc) is 3.48. The molecule has 172 valence electrons. The second kappa shape index (κ2) is 8.76. The molecule has 1 N–H and O–H groups in total. The summed E-state index contributed by atoms with van der Waals surface area (Å²) in [5.74, 6) is 2.38. The fraction of sp³-hybridized carbons (Fsp3) is 0.107. The Morgan fingerprint density at radius 3 is 2.37 bits per heavy atom. The van der Waals surface area contributed by atoms with Crippen molar-refractivity contribution in [2.24, 2.45) is 0 Å². The van der Waals surface area contributed by atoms with Crippen LogP contribution in [0.15, 0.2) is 72.1 Å². The maximum absolute atomic E-state index is 5.32. The Morgan fingerprint density at radius 1 is 0.829 bits per heavy atom. The highest BCUT2D eigenvalue weighted by Gasteiger charge is 2.15. The Kier molecular flexibility index (Phi) is 5.43. The van der Waals surface area contributed by atoms with E-state index in [1.54, 1.807) is 29.8 Å². The normalized spacial score (nSPS) is 11.3. The number of aromatic nitrogens is 3. The van der Waals surface area contributed by atoms with Gasteiger partial charge in [-0.25, -0.2) is 15.0 Å². The lowest BCUT2D eigenvalue weighted by Gasteiger charge is -2.10. The summed E-state index contributed by atoms with van der Waals surface area (Å²) in [7, 11) is 1.68. The average molecular weight is 495 g/mol. The molecule has 0 amide bonds. The van der Waals surface area contributed by atoms with Gasteiger partial charge in [-0.2, -0.15) is 0 Å². The number of aryl methyl sites for hydroxylation is 2. The molecule has 0 saturated carbocycles. The second-order valence-corrected chi connectivity index (χ2v) is 10.3. The molecule has 0 bridgehead atoms. The zero-order chi connectivity index (χ0) is 23.9. The van der Waals surface area contributed by atoms with Crippen LogP contribution in [0.3, 0.4) is 0 Å². The van der Waals surface area contributed by atoms with Crippen LogP contribution in [0.1, 0.15) is 11.4 Å². The number of rotatable bonds is 5. The third-order valence-corrected chi connectivity index (χ3v) is 7.82. The number of fused-ring (bicyclic) bond motifs is 2. The lowest BCUT2D eigenvalue weighted by Crippen LogP contribution is -1.98. The monoisotopic (exact) mass is 494 g/mol. The van der Waals surface area contributed by atoms with Crippen LogP contribution in [0.25, 0.3) is 42.1 Å². The molecule has 3 aromatic carbocycles. The van der Waals surface area contributed by atoms with Gasteiger partial charge in [-0.15, -0.1) is 22.7 Å². The molecular weight excluding hydrogens is 472 g/mol. The predicted molar refractivity (Wildman–Crippen MR) is 147 cm³/mol. The Labute approximate surface area is 211 Å². The van der Waals surface area contributed by atoms with E-state index in [9.17, 15) is 0 Å². The van der Waals surface area contributed by atoms with Crippen molar-refractivity contribution >= 4 is 54.6 Å². The minimum Gasteiger partial charge on any atom is -0.497 e. The predicted octanol–water partition coefficient (Wildman–Crippen LogP) is 8.00. The number of nitrogens with zero attached hydrogens (tertiary/aromatic N) is 3. The maximum atomic E-state index is 5.32. The minimum atomic E-state index is 0.740. The molecule has 0 aliphatic carbocycles. The number of benzene rings is 3. The van der Waals surface area contributed by atoms with Gasteiger partial charge in [0.15, 0.2) is 0 Å². The minimum absolute atomic E-state index is 0.740. The van der Waals surface area contributed by atoms with Gasteiger partial charge in [0.1, 0.15) is 27.2 Å². The molecular formula is C28H22N4OS2. The molecule has 0 aliphatic rings. The molecule has 6 rings (SSSR count). The van der Waals surface area contributed by atoms with Crippen LogP contribution in [0, 0.1) is 13.8 Å². The molecule has 35 heavy (non-hydrogen) atoms. The Hall–Kier alpha value is -3.81. The van der Waals surface area contributed by atoms with Crippen molar-refractivity contribution in [3.63, 3.8) is 0 Å². The number of thiophene rings is 1. The van der Waals surface area contributed by atoms with Crippen LogP contribution in [-0.4, -0.2) is 22.1 Å². The van der Waals surface area contributed by atoms with E-state index in [0.717, 1.165) is 60.5 Å². The number of ether oxygens (including phenoxy) is 1. The van der Waals surface area contributed by atoms with Gasteiger partial charge in [0, 0.05) is 22.2 Å². The van der Waals surface area contributed by atoms with Crippen LogP contribution in [0.2, 0.25) is 0 Å². The van der Waals surface area contributed by atoms with E-state index in [2.05, 4.69) is 77.2 Å². The fourth-order valence-corrected chi connectivity index (χ4v) is 6.17. The van der Waals surface area contributed by atoms with E-state index in [0.29, 0.717) is 0 Å². The lowest BCUT2D eigenvalue weighted by molar-refractivity contribution is 0.415. The number of nitrogens with one attached hydrogen (secondary N) is 1. The molecule has 0 atom stereocenters. The number of methoxy groups -OCH3 is 1. The molecule has 0 spiro atoms. The van der Waals surface area contributed by atoms with Crippen molar-refractivity contribution in [1.82, 2.24) is 15.0 Å². The molecule has 0 radical (unpaired) electrons. The zero-order valence-electron chi connectivity index (χ0n) is 19.5. The van der Waals surface area contributed by atoms with Crippen LogP contribution in [-0.2, 0) is 0 Å². The third kappa shape index (κ3) is 4.13. The Bertz CT molecular complexity index is 1670. The van der Waals surface area contributed by atoms with Crippen molar-refractivity contribution in [3.05, 3.63) is 83.5 Å². The summed E-state index contributed by atoms with van der Waals surface area (Å²) in [5.41, 5.74) is 6.58. The first-order valence-corrected chi connectivity index (χ1v) is 12.9. The smallest absolute Gasteiger partial charge is 0.143 e. The van der Waals surface area contributed by atoms with Crippen LogP contribution in [0.5, 0.6) is 5.75 Å². The maximum Gasteiger partial charge on any atom is 0.143 e. The quantitative estimate of drug-likeness (QED) is 0.263. The SMILES string of the molecule is COc1ccc(-c2csc3nc(C)nc(Nc4ccc(-c5nc6ccc(C)cc6s5)cc4)c23)cc1. The van der Waals surface area contributed by atoms with Gasteiger partial charge in [0.25, 0.3) is 0 Å². The molecule has 6 aromatic rings. The molecule has 3 heterocycles. The van der Waals surface area contributed by atoms with E-state index >= 15 is 0 Å². The van der Waals surface area contributed by atoms with Crippen LogP contribution in [0.4, 0.5) is 11.5 Å². The van der Waals surface area contributed by atoms with E-state index in [4.69, 9.17) is 14.7 Å². The Morgan fingerprint density at radius 2 is 1.60 bits per heavy atom. The van der Waals surface area contributed by atoms with Gasteiger partial charge in [-0.3, -0.25) is 0 Å². The van der Waals surface area contributed by atoms with Gasteiger partial charge >= 0.3 is 0 Å². The van der Waals surface area contributed by atoms with Crippen molar-refractivity contribution in [2.45, 2.75) is 13.8 Å². The van der Waals surface area contributed by atoms with Gasteiger partial charge in [-0.1, -0.05) is 18.2 Å². The number of thiazole rings is 1. The van der Waals surface area contributed by atoms with Gasteiger partial charge in [0.2, 0.25) is 0 Å². The highest BCUT2D eigenvalue weighted by Crippen LogP contribution is 2.39. The van der Waals surface area contributed by atoms with E-state index in [-0.39, 0.29) is 0 Å². The van der Waals surface area contributed by atoms with Crippen molar-refractivity contribution in [2.75, 3.05) is 12.4 Å². The van der Waals surface area contributed by atoms with Gasteiger partial charge < -0.3 is 10.1 Å². The number of hydrogen-bond donors (Lipinski definition) is 1. The highest BCUT2D eigenvalue weighted by atomic mass is 32.1. The Balaban J connectivity index is 1.34. The topological polar surface area (TPSA) is 59.9 Å². The molecule has 7 heteroatoms. The first kappa shape index (κ1) is 21.7. The van der Waals surface area contributed by atoms with Crippen LogP contribution >= 0.6 is 22.7 Å². The summed E-state index contributed by atoms with van der Waals surface area (Å²) in [6.07, 6.45) is 0. The first-order valence-electron chi connectivity index (χ1n) is 11.2. The van der Waals surface area contributed by atoms with Crippen LogP contribution < -0.4 is 10.1 Å². The zero-order valence-corrected chi connectivity index (χ0v) is 21.1. The summed E-state index contributed by atoms with van der Waals surface area (Å²) < 4.78 is 6.53. The summed E-state index contributed by atoms with van der Waals surface area (Å²) in [6, 6.07) is 22.8. The first-order chi connectivity index (χ1) is 17.1. The standard InChI is InChI=1S/C28H22N4OS2/c1-16-4-13-23-24(14-16)35-27(32-23)19-5-9-20(10-6-19)31-26-25-22(15-34-28(25)30-17(2)29-26)18-7-11-21(33-3)12-8-18/h4-15H,1-3H3,(H,29,30,31). The van der Waals surface area contributed by atoms with E-state index in [1.807, 2.05) is 19.1 Å². The summed E-state index contributed by atoms with van der Waals surface area (Å²) in [6.45, 7) is 4.04. The van der Waals surface area contributed by atoms with Gasteiger partial charge in [0.05, 0.1) is 22.7 Å². The van der Waals surface area contributed by atoms with Gasteiger partial charge in [-0.05, 0) is 73.5 Å². The molecule has 3 aromatic heterocycles. The molecule has 5 nitrogen and oxygen atoms in total. The summed E-state index contributed by atoms with van der Waals surface area (Å²) in [4.78, 5) is 15.2. The van der Waals surface area contributed by atoms with Crippen molar-refractivity contribution in [1.29, 1.82) is 0 Å². The third-order valence-electron chi connectivity index (χ3n) is 5.88. The summed E-state index contributed by atoms with van der Waals surface area (Å²) >= 11 is 3.35.